The summed E-state index contributed by atoms with van der Waals surface area (Å²) in [5.41, 5.74) is 1.12. The third-order valence-electron chi connectivity index (χ3n) is 4.74. The Morgan fingerprint density at radius 3 is 2.87 bits per heavy atom. The molecule has 1 fully saturated rings. The number of aromatic nitrogens is 3. The largest absolute Gasteiger partial charge is 0.493 e. The van der Waals surface area contributed by atoms with E-state index in [1.54, 1.807) is 13.3 Å². The van der Waals surface area contributed by atoms with Crippen molar-refractivity contribution in [1.82, 2.24) is 25.8 Å². The molecule has 160 valence electrons. The zero-order valence-electron chi connectivity index (χ0n) is 16.9. The normalized spacial score (nSPS) is 13.6. The van der Waals surface area contributed by atoms with Crippen molar-refractivity contribution in [1.29, 1.82) is 0 Å². The number of furan rings is 1. The number of halogens is 1. The summed E-state index contributed by atoms with van der Waals surface area (Å²) < 4.78 is 11.3. The van der Waals surface area contributed by atoms with E-state index in [0.29, 0.717) is 31.1 Å². The summed E-state index contributed by atoms with van der Waals surface area (Å²) in [6.07, 6.45) is 4.86. The number of nitrogens with zero attached hydrogens (tertiary/aromatic N) is 3. The van der Waals surface area contributed by atoms with E-state index in [1.165, 1.54) is 12.8 Å². The van der Waals surface area contributed by atoms with Crippen LogP contribution in [0.3, 0.4) is 0 Å². The molecule has 0 unspecified atom stereocenters. The molecule has 0 amide bonds. The molecule has 0 atom stereocenters. The predicted molar refractivity (Wildman–Crippen MR) is 126 cm³/mol. The van der Waals surface area contributed by atoms with Gasteiger partial charge in [0.2, 0.25) is 5.82 Å². The highest BCUT2D eigenvalue weighted by Crippen LogP contribution is 2.30. The summed E-state index contributed by atoms with van der Waals surface area (Å²) in [6, 6.07) is 11.8. The van der Waals surface area contributed by atoms with Crippen LogP contribution >= 0.6 is 24.0 Å². The maximum absolute atomic E-state index is 5.97. The molecule has 4 rings (SSSR count). The molecule has 0 spiro atoms. The fourth-order valence-electron chi connectivity index (χ4n) is 2.90. The van der Waals surface area contributed by atoms with Crippen molar-refractivity contribution in [3.63, 3.8) is 0 Å². The second-order valence-corrected chi connectivity index (χ2v) is 7.05. The topological polar surface area (TPSA) is 100 Å². The Labute approximate surface area is 192 Å². The molecule has 1 saturated carbocycles. The highest BCUT2D eigenvalue weighted by molar-refractivity contribution is 14.0. The Balaban J connectivity index is 0.00000256. The van der Waals surface area contributed by atoms with Crippen LogP contribution in [0.5, 0.6) is 5.75 Å². The number of aliphatic imine (C=N–C) groups is 1. The fourth-order valence-corrected chi connectivity index (χ4v) is 2.90. The molecular formula is C21H27IN6O2. The minimum atomic E-state index is 0. The summed E-state index contributed by atoms with van der Waals surface area (Å²) in [5.74, 6) is 4.41. The molecule has 3 aromatic rings. The van der Waals surface area contributed by atoms with Gasteiger partial charge in [-0.1, -0.05) is 18.2 Å². The lowest BCUT2D eigenvalue weighted by Crippen LogP contribution is -2.38. The van der Waals surface area contributed by atoms with Gasteiger partial charge < -0.3 is 19.8 Å². The number of rotatable bonds is 9. The average Bonchev–Trinajstić information content (AvgIpc) is 3.20. The predicted octanol–water partition coefficient (Wildman–Crippen LogP) is 3.38. The highest BCUT2D eigenvalue weighted by Gasteiger charge is 2.22. The van der Waals surface area contributed by atoms with Crippen LogP contribution in [-0.4, -0.2) is 41.3 Å². The van der Waals surface area contributed by atoms with E-state index in [-0.39, 0.29) is 24.0 Å². The van der Waals surface area contributed by atoms with Gasteiger partial charge in [0, 0.05) is 32.1 Å². The van der Waals surface area contributed by atoms with Crippen molar-refractivity contribution in [3.05, 3.63) is 54.0 Å². The molecule has 9 heteroatoms. The molecule has 30 heavy (non-hydrogen) atoms. The van der Waals surface area contributed by atoms with Crippen LogP contribution in [0.25, 0.3) is 11.6 Å². The number of nitrogens with one attached hydrogen (secondary N) is 3. The molecule has 1 aliphatic rings. The first-order valence-electron chi connectivity index (χ1n) is 9.92. The first-order valence-corrected chi connectivity index (χ1v) is 9.92. The Hall–Kier alpha value is -2.56. The Kier molecular flexibility index (Phi) is 8.12. The second-order valence-electron chi connectivity index (χ2n) is 7.05. The van der Waals surface area contributed by atoms with Crippen molar-refractivity contribution in [2.45, 2.75) is 25.8 Å². The third-order valence-corrected chi connectivity index (χ3v) is 4.74. The molecule has 2 aromatic heterocycles. The lowest BCUT2D eigenvalue weighted by molar-refractivity contribution is 0.296. The number of H-pyrrole nitrogens is 1. The van der Waals surface area contributed by atoms with Crippen LogP contribution in [0.1, 0.15) is 24.2 Å². The average molecular weight is 522 g/mol. The molecule has 0 aliphatic heterocycles. The Morgan fingerprint density at radius 1 is 1.23 bits per heavy atom. The summed E-state index contributed by atoms with van der Waals surface area (Å²) in [6.45, 7) is 2.12. The fraction of sp³-hybridized carbons (Fsp3) is 0.381. The van der Waals surface area contributed by atoms with Crippen molar-refractivity contribution in [2.75, 3.05) is 20.2 Å². The van der Waals surface area contributed by atoms with Gasteiger partial charge in [0.25, 0.3) is 0 Å². The molecule has 8 nitrogen and oxygen atoms in total. The van der Waals surface area contributed by atoms with Gasteiger partial charge in [-0.05, 0) is 37.0 Å². The monoisotopic (exact) mass is 522 g/mol. The number of hydrogen-bond donors (Lipinski definition) is 3. The maximum Gasteiger partial charge on any atom is 0.216 e. The Bertz CT molecular complexity index is 937. The molecule has 2 heterocycles. The van der Waals surface area contributed by atoms with Crippen molar-refractivity contribution >= 4 is 29.9 Å². The van der Waals surface area contributed by atoms with Gasteiger partial charge >= 0.3 is 0 Å². The van der Waals surface area contributed by atoms with Gasteiger partial charge in [-0.3, -0.25) is 10.1 Å². The number of guanidine groups is 1. The van der Waals surface area contributed by atoms with Gasteiger partial charge in [0.15, 0.2) is 11.7 Å². The zero-order valence-corrected chi connectivity index (χ0v) is 19.3. The van der Waals surface area contributed by atoms with Crippen LogP contribution in [0.4, 0.5) is 0 Å². The number of hydrogen-bond acceptors (Lipinski definition) is 5. The van der Waals surface area contributed by atoms with Gasteiger partial charge in [-0.15, -0.1) is 24.0 Å². The first-order chi connectivity index (χ1) is 14.3. The molecular weight excluding hydrogens is 495 g/mol. The van der Waals surface area contributed by atoms with E-state index in [1.807, 2.05) is 30.3 Å². The minimum absolute atomic E-state index is 0. The van der Waals surface area contributed by atoms with Crippen LogP contribution in [0.15, 0.2) is 52.1 Å². The lowest BCUT2D eigenvalue weighted by Gasteiger charge is -2.14. The molecule has 1 aliphatic carbocycles. The van der Waals surface area contributed by atoms with E-state index in [2.05, 4.69) is 36.9 Å². The molecule has 0 bridgehead atoms. The van der Waals surface area contributed by atoms with Crippen molar-refractivity contribution < 1.29 is 9.15 Å². The van der Waals surface area contributed by atoms with E-state index in [9.17, 15) is 0 Å². The molecule has 0 radical (unpaired) electrons. The van der Waals surface area contributed by atoms with Crippen LogP contribution in [-0.2, 0) is 13.0 Å². The van der Waals surface area contributed by atoms with Gasteiger partial charge in [0.05, 0.1) is 12.9 Å². The quantitative estimate of drug-likeness (QED) is 0.227. The van der Waals surface area contributed by atoms with Crippen LogP contribution in [0, 0.1) is 5.92 Å². The third kappa shape index (κ3) is 6.22. The summed E-state index contributed by atoms with van der Waals surface area (Å²) >= 11 is 0. The molecule has 0 saturated heterocycles. The van der Waals surface area contributed by atoms with E-state index in [4.69, 9.17) is 9.15 Å². The number of para-hydroxylation sites is 1. The summed E-state index contributed by atoms with van der Waals surface area (Å²) in [5, 5.41) is 13.8. The lowest BCUT2D eigenvalue weighted by atomic mass is 10.2. The smallest absolute Gasteiger partial charge is 0.216 e. The Morgan fingerprint density at radius 2 is 2.10 bits per heavy atom. The van der Waals surface area contributed by atoms with E-state index in [0.717, 1.165) is 35.6 Å². The molecule has 3 N–H and O–H groups in total. The van der Waals surface area contributed by atoms with Crippen LogP contribution in [0.2, 0.25) is 0 Å². The van der Waals surface area contributed by atoms with Gasteiger partial charge in [-0.2, -0.15) is 5.10 Å². The standard InChI is InChI=1S/C21H26N6O2.HI/c1-22-21(23-11-10-19-25-20(27-26-19)18-7-4-12-28-18)24-13-16-5-2-3-6-17(16)29-14-15-8-9-15;/h2-7,12,15H,8-11,13-14H2,1H3,(H2,22,23,24)(H,25,26,27);1H. The summed E-state index contributed by atoms with van der Waals surface area (Å²) in [7, 11) is 1.76. The minimum Gasteiger partial charge on any atom is -0.493 e. The summed E-state index contributed by atoms with van der Waals surface area (Å²) in [4.78, 5) is 8.73. The highest BCUT2D eigenvalue weighted by atomic mass is 127. The number of ether oxygens (including phenoxy) is 1. The van der Waals surface area contributed by atoms with Crippen molar-refractivity contribution in [2.24, 2.45) is 10.9 Å². The van der Waals surface area contributed by atoms with Gasteiger partial charge in [-0.25, -0.2) is 4.98 Å². The number of benzene rings is 1. The second kappa shape index (κ2) is 11.0. The van der Waals surface area contributed by atoms with Crippen LogP contribution < -0.4 is 15.4 Å². The van der Waals surface area contributed by atoms with E-state index < -0.39 is 0 Å². The number of aromatic amines is 1. The first kappa shape index (κ1) is 22.1. The van der Waals surface area contributed by atoms with Crippen molar-refractivity contribution in [3.8, 4) is 17.3 Å². The zero-order chi connectivity index (χ0) is 19.9. The van der Waals surface area contributed by atoms with E-state index >= 15 is 0 Å². The van der Waals surface area contributed by atoms with Gasteiger partial charge in [0.1, 0.15) is 11.6 Å². The SMILES string of the molecule is CN=C(NCCc1nc(-c2ccco2)n[nH]1)NCc1ccccc1OCC1CC1.I. The molecule has 1 aromatic carbocycles. The maximum atomic E-state index is 5.97.